The maximum atomic E-state index is 12.6. The summed E-state index contributed by atoms with van der Waals surface area (Å²) in [4.78, 5) is 12.6. The Hall–Kier alpha value is -2.13. The molecule has 2 aromatic rings. The zero-order valence-electron chi connectivity index (χ0n) is 12.1. The van der Waals surface area contributed by atoms with Gasteiger partial charge in [-0.3, -0.25) is 4.79 Å². The third kappa shape index (κ3) is 2.98. The first-order valence-electron chi connectivity index (χ1n) is 7.25. The van der Waals surface area contributed by atoms with Crippen LogP contribution in [0.5, 0.6) is 5.75 Å². The van der Waals surface area contributed by atoms with Crippen LogP contribution in [0.3, 0.4) is 0 Å². The number of benzene rings is 2. The fraction of sp³-hybridized carbons (Fsp3) is 0.278. The third-order valence-corrected chi connectivity index (χ3v) is 3.55. The maximum Gasteiger partial charge on any atom is 0.193 e. The van der Waals surface area contributed by atoms with E-state index in [1.54, 1.807) is 0 Å². The van der Waals surface area contributed by atoms with Crippen LogP contribution in [0.25, 0.3) is 0 Å². The molecule has 0 fully saturated rings. The molecular weight excluding hydrogens is 264 g/mol. The molecule has 0 unspecified atom stereocenters. The summed E-state index contributed by atoms with van der Waals surface area (Å²) in [5.74, 6) is 0.763. The molecule has 0 aromatic heterocycles. The molecule has 0 aliphatic carbocycles. The minimum Gasteiger partial charge on any atom is -0.494 e. The quantitative estimate of drug-likeness (QED) is 0.784. The highest BCUT2D eigenvalue weighted by Crippen LogP contribution is 2.23. The van der Waals surface area contributed by atoms with Gasteiger partial charge in [-0.05, 0) is 35.7 Å². The Bertz CT molecular complexity index is 661. The van der Waals surface area contributed by atoms with Gasteiger partial charge in [0.25, 0.3) is 0 Å². The second-order valence-electron chi connectivity index (χ2n) is 5.18. The average molecular weight is 282 g/mol. The number of hydrogen-bond acceptors (Lipinski definition) is 3. The number of fused-ring (bicyclic) bond motifs is 1. The monoisotopic (exact) mass is 282 g/mol. The standard InChI is InChI=1S/C18H18O3/c1-2-8-21-17-5-3-4-13(10-17)18(19)14-6-7-15-11-20-12-16(15)9-14/h3-7,9-10H,2,8,11-12H2,1H3. The Morgan fingerprint density at radius 3 is 2.76 bits per heavy atom. The lowest BCUT2D eigenvalue weighted by atomic mass is 9.99. The summed E-state index contributed by atoms with van der Waals surface area (Å²) in [5, 5.41) is 0. The van der Waals surface area contributed by atoms with Gasteiger partial charge in [-0.15, -0.1) is 0 Å². The SMILES string of the molecule is CCCOc1cccc(C(=O)c2ccc3c(c2)COC3)c1. The van der Waals surface area contributed by atoms with Crippen molar-refractivity contribution in [3.63, 3.8) is 0 Å². The number of ketones is 1. The van der Waals surface area contributed by atoms with Crippen molar-refractivity contribution in [2.45, 2.75) is 26.6 Å². The smallest absolute Gasteiger partial charge is 0.193 e. The highest BCUT2D eigenvalue weighted by molar-refractivity contribution is 6.09. The molecule has 3 heteroatoms. The summed E-state index contributed by atoms with van der Waals surface area (Å²) in [7, 11) is 0. The Morgan fingerprint density at radius 2 is 1.90 bits per heavy atom. The van der Waals surface area contributed by atoms with Gasteiger partial charge in [-0.25, -0.2) is 0 Å². The molecule has 3 rings (SSSR count). The largest absolute Gasteiger partial charge is 0.494 e. The van der Waals surface area contributed by atoms with Crippen molar-refractivity contribution in [2.75, 3.05) is 6.61 Å². The Morgan fingerprint density at radius 1 is 1.10 bits per heavy atom. The highest BCUT2D eigenvalue weighted by Gasteiger charge is 2.15. The van der Waals surface area contributed by atoms with Crippen LogP contribution in [0.15, 0.2) is 42.5 Å². The predicted octanol–water partition coefficient (Wildman–Crippen LogP) is 3.74. The molecule has 108 valence electrons. The minimum atomic E-state index is 0.0200. The summed E-state index contributed by atoms with van der Waals surface area (Å²) in [6.07, 6.45) is 0.947. The summed E-state index contributed by atoms with van der Waals surface area (Å²) in [6.45, 7) is 3.95. The van der Waals surface area contributed by atoms with E-state index in [-0.39, 0.29) is 5.78 Å². The van der Waals surface area contributed by atoms with Gasteiger partial charge >= 0.3 is 0 Å². The number of hydrogen-bond donors (Lipinski definition) is 0. The minimum absolute atomic E-state index is 0.0200. The molecule has 1 heterocycles. The van der Waals surface area contributed by atoms with Crippen molar-refractivity contribution < 1.29 is 14.3 Å². The first kappa shape index (κ1) is 13.8. The second kappa shape index (κ2) is 6.10. The Balaban J connectivity index is 1.84. The third-order valence-electron chi connectivity index (χ3n) is 3.55. The van der Waals surface area contributed by atoms with Crippen molar-refractivity contribution in [2.24, 2.45) is 0 Å². The number of rotatable bonds is 5. The Kier molecular flexibility index (Phi) is 4.02. The molecule has 3 nitrogen and oxygen atoms in total. The van der Waals surface area contributed by atoms with E-state index < -0.39 is 0 Å². The van der Waals surface area contributed by atoms with Gasteiger partial charge in [-0.1, -0.05) is 31.2 Å². The van der Waals surface area contributed by atoms with E-state index in [0.29, 0.717) is 30.9 Å². The maximum absolute atomic E-state index is 12.6. The van der Waals surface area contributed by atoms with Crippen molar-refractivity contribution in [1.82, 2.24) is 0 Å². The van der Waals surface area contributed by atoms with Gasteiger partial charge in [0.1, 0.15) is 5.75 Å². The predicted molar refractivity (Wildman–Crippen MR) is 80.6 cm³/mol. The van der Waals surface area contributed by atoms with Gasteiger partial charge in [0.15, 0.2) is 5.78 Å². The molecule has 0 N–H and O–H groups in total. The van der Waals surface area contributed by atoms with Crippen LogP contribution in [0.2, 0.25) is 0 Å². The van der Waals surface area contributed by atoms with Gasteiger partial charge in [-0.2, -0.15) is 0 Å². The van der Waals surface area contributed by atoms with Crippen LogP contribution in [-0.4, -0.2) is 12.4 Å². The zero-order chi connectivity index (χ0) is 14.7. The molecule has 2 aromatic carbocycles. The molecule has 0 spiro atoms. The molecular formula is C18H18O3. The molecule has 0 bridgehead atoms. The lowest BCUT2D eigenvalue weighted by Crippen LogP contribution is -2.03. The van der Waals surface area contributed by atoms with E-state index in [4.69, 9.17) is 9.47 Å². The number of carbonyl (C=O) groups excluding carboxylic acids is 1. The van der Waals surface area contributed by atoms with Crippen molar-refractivity contribution >= 4 is 5.78 Å². The molecule has 1 aliphatic rings. The van der Waals surface area contributed by atoms with Gasteiger partial charge < -0.3 is 9.47 Å². The summed E-state index contributed by atoms with van der Waals surface area (Å²) in [5.41, 5.74) is 3.64. The van der Waals surface area contributed by atoms with Crippen LogP contribution in [0.1, 0.15) is 40.4 Å². The molecule has 1 aliphatic heterocycles. The van der Waals surface area contributed by atoms with Gasteiger partial charge in [0, 0.05) is 11.1 Å². The topological polar surface area (TPSA) is 35.5 Å². The lowest BCUT2D eigenvalue weighted by Gasteiger charge is -2.07. The summed E-state index contributed by atoms with van der Waals surface area (Å²) >= 11 is 0. The van der Waals surface area contributed by atoms with Crippen LogP contribution >= 0.6 is 0 Å². The van der Waals surface area contributed by atoms with Crippen molar-refractivity contribution in [3.8, 4) is 5.75 Å². The highest BCUT2D eigenvalue weighted by atomic mass is 16.5. The second-order valence-corrected chi connectivity index (χ2v) is 5.18. The van der Waals surface area contributed by atoms with Crippen molar-refractivity contribution in [3.05, 3.63) is 64.7 Å². The molecule has 0 saturated carbocycles. The number of ether oxygens (including phenoxy) is 2. The van der Waals surface area contributed by atoms with Crippen LogP contribution in [0.4, 0.5) is 0 Å². The zero-order valence-corrected chi connectivity index (χ0v) is 12.1. The fourth-order valence-corrected chi connectivity index (χ4v) is 2.43. The first-order chi connectivity index (χ1) is 10.3. The molecule has 0 amide bonds. The average Bonchev–Trinajstić information content (AvgIpc) is 3.00. The number of carbonyl (C=O) groups is 1. The normalized spacial score (nSPS) is 13.0. The molecule has 0 radical (unpaired) electrons. The van der Waals surface area contributed by atoms with E-state index >= 15 is 0 Å². The van der Waals surface area contributed by atoms with E-state index in [0.717, 1.165) is 17.7 Å². The van der Waals surface area contributed by atoms with Crippen molar-refractivity contribution in [1.29, 1.82) is 0 Å². The summed E-state index contributed by atoms with van der Waals surface area (Å²) < 4.78 is 11.0. The van der Waals surface area contributed by atoms with Gasteiger partial charge in [0.05, 0.1) is 19.8 Å². The fourth-order valence-electron chi connectivity index (χ4n) is 2.43. The molecule has 0 saturated heterocycles. The van der Waals surface area contributed by atoms with E-state index in [1.165, 1.54) is 5.56 Å². The Labute approximate surface area is 124 Å². The van der Waals surface area contributed by atoms with Crippen LogP contribution in [0, 0.1) is 0 Å². The van der Waals surface area contributed by atoms with E-state index in [9.17, 15) is 4.79 Å². The lowest BCUT2D eigenvalue weighted by molar-refractivity contribution is 0.103. The summed E-state index contributed by atoms with van der Waals surface area (Å²) in [6, 6.07) is 13.1. The van der Waals surface area contributed by atoms with E-state index in [2.05, 4.69) is 6.92 Å². The van der Waals surface area contributed by atoms with Gasteiger partial charge in [0.2, 0.25) is 0 Å². The van der Waals surface area contributed by atoms with E-state index in [1.807, 2.05) is 42.5 Å². The van der Waals surface area contributed by atoms with Crippen LogP contribution < -0.4 is 4.74 Å². The first-order valence-corrected chi connectivity index (χ1v) is 7.25. The molecule has 21 heavy (non-hydrogen) atoms. The van der Waals surface area contributed by atoms with Crippen LogP contribution in [-0.2, 0) is 18.0 Å². The molecule has 0 atom stereocenters.